The third-order valence-corrected chi connectivity index (χ3v) is 4.52. The Hall–Kier alpha value is -0.0800. The number of rotatable bonds is 7. The number of hydrogen-bond acceptors (Lipinski definition) is 2. The fourth-order valence-electron chi connectivity index (χ4n) is 2.55. The Labute approximate surface area is 101 Å². The molecule has 1 saturated carbocycles. The molecule has 1 aliphatic rings. The van der Waals surface area contributed by atoms with Crippen LogP contribution in [-0.4, -0.2) is 25.3 Å². The molecule has 16 heavy (non-hydrogen) atoms. The second-order valence-corrected chi connectivity index (χ2v) is 5.51. The average Bonchev–Trinajstić information content (AvgIpc) is 2.31. The van der Waals surface area contributed by atoms with Gasteiger partial charge in [-0.2, -0.15) is 0 Å². The van der Waals surface area contributed by atoms with Gasteiger partial charge in [-0.3, -0.25) is 0 Å². The predicted octanol–water partition coefficient (Wildman–Crippen LogP) is 3.22. The van der Waals surface area contributed by atoms with Crippen LogP contribution in [0.4, 0.5) is 0 Å². The van der Waals surface area contributed by atoms with Gasteiger partial charge in [-0.05, 0) is 32.2 Å². The topological polar surface area (TPSA) is 21.3 Å². The molecule has 0 radical (unpaired) electrons. The van der Waals surface area contributed by atoms with Crippen molar-refractivity contribution in [2.45, 2.75) is 66.0 Å². The van der Waals surface area contributed by atoms with E-state index in [4.69, 9.17) is 4.74 Å². The van der Waals surface area contributed by atoms with Crippen LogP contribution in [0.15, 0.2) is 0 Å². The SMILES string of the molecule is CCOC1CC(NCC(C)CC)C1(C)CC. The third-order valence-electron chi connectivity index (χ3n) is 4.52. The van der Waals surface area contributed by atoms with Crippen molar-refractivity contribution in [1.82, 2.24) is 5.32 Å². The zero-order valence-corrected chi connectivity index (χ0v) is 11.7. The van der Waals surface area contributed by atoms with E-state index in [0.29, 0.717) is 17.6 Å². The molecule has 0 heterocycles. The molecule has 0 amide bonds. The predicted molar refractivity (Wildman–Crippen MR) is 69.7 cm³/mol. The number of ether oxygens (including phenoxy) is 1. The maximum absolute atomic E-state index is 5.81. The van der Waals surface area contributed by atoms with Gasteiger partial charge in [0.15, 0.2) is 0 Å². The lowest BCUT2D eigenvalue weighted by molar-refractivity contribution is -0.126. The molecule has 1 aliphatic carbocycles. The van der Waals surface area contributed by atoms with Crippen LogP contribution < -0.4 is 5.32 Å². The summed E-state index contributed by atoms with van der Waals surface area (Å²) >= 11 is 0. The molecule has 0 spiro atoms. The summed E-state index contributed by atoms with van der Waals surface area (Å²) in [6.45, 7) is 13.3. The van der Waals surface area contributed by atoms with E-state index in [0.717, 1.165) is 19.1 Å². The van der Waals surface area contributed by atoms with Crippen LogP contribution in [0.5, 0.6) is 0 Å². The van der Waals surface area contributed by atoms with Gasteiger partial charge < -0.3 is 10.1 Å². The second kappa shape index (κ2) is 6.02. The highest BCUT2D eigenvalue weighted by Gasteiger charge is 2.50. The minimum atomic E-state index is 0.351. The molecule has 0 aliphatic heterocycles. The van der Waals surface area contributed by atoms with E-state index < -0.39 is 0 Å². The first-order valence-corrected chi connectivity index (χ1v) is 6.93. The molecule has 1 N–H and O–H groups in total. The third kappa shape index (κ3) is 2.78. The van der Waals surface area contributed by atoms with Gasteiger partial charge in [0.25, 0.3) is 0 Å². The van der Waals surface area contributed by atoms with E-state index >= 15 is 0 Å². The summed E-state index contributed by atoms with van der Waals surface area (Å²) in [6.07, 6.45) is 4.12. The van der Waals surface area contributed by atoms with Crippen molar-refractivity contribution in [2.24, 2.45) is 11.3 Å². The van der Waals surface area contributed by atoms with Gasteiger partial charge in [-0.25, -0.2) is 0 Å². The maximum Gasteiger partial charge on any atom is 0.0658 e. The molecule has 1 rings (SSSR count). The molecular weight excluding hydrogens is 198 g/mol. The van der Waals surface area contributed by atoms with Crippen molar-refractivity contribution in [2.75, 3.05) is 13.2 Å². The summed E-state index contributed by atoms with van der Waals surface area (Å²) in [6, 6.07) is 0.656. The molecule has 4 atom stereocenters. The van der Waals surface area contributed by atoms with Gasteiger partial charge in [0.1, 0.15) is 0 Å². The van der Waals surface area contributed by atoms with Crippen LogP contribution in [0.3, 0.4) is 0 Å². The Morgan fingerprint density at radius 2 is 2.06 bits per heavy atom. The molecule has 0 saturated heterocycles. The largest absolute Gasteiger partial charge is 0.378 e. The average molecular weight is 227 g/mol. The van der Waals surface area contributed by atoms with Crippen molar-refractivity contribution >= 4 is 0 Å². The Balaban J connectivity index is 2.39. The first-order chi connectivity index (χ1) is 7.58. The van der Waals surface area contributed by atoms with E-state index in [1.165, 1.54) is 19.3 Å². The first-order valence-electron chi connectivity index (χ1n) is 6.93. The monoisotopic (exact) mass is 227 g/mol. The zero-order valence-electron chi connectivity index (χ0n) is 11.7. The summed E-state index contributed by atoms with van der Waals surface area (Å²) in [4.78, 5) is 0. The standard InChI is InChI=1S/C14H29NO/c1-6-11(4)10-15-12-9-13(16-8-3)14(12,5)7-2/h11-13,15H,6-10H2,1-5H3. The van der Waals surface area contributed by atoms with Crippen molar-refractivity contribution < 1.29 is 4.74 Å². The Kier molecular flexibility index (Phi) is 5.26. The summed E-state index contributed by atoms with van der Waals surface area (Å²) in [5, 5.41) is 3.72. The molecular formula is C14H29NO. The highest BCUT2D eigenvalue weighted by molar-refractivity contribution is 5.04. The van der Waals surface area contributed by atoms with E-state index in [1.54, 1.807) is 0 Å². The highest BCUT2D eigenvalue weighted by Crippen LogP contribution is 2.45. The fourth-order valence-corrected chi connectivity index (χ4v) is 2.55. The van der Waals surface area contributed by atoms with Crippen LogP contribution in [0, 0.1) is 11.3 Å². The van der Waals surface area contributed by atoms with Crippen LogP contribution in [-0.2, 0) is 4.74 Å². The number of nitrogens with one attached hydrogen (secondary N) is 1. The van der Waals surface area contributed by atoms with Crippen molar-refractivity contribution in [3.05, 3.63) is 0 Å². The maximum atomic E-state index is 5.81. The van der Waals surface area contributed by atoms with E-state index in [9.17, 15) is 0 Å². The smallest absolute Gasteiger partial charge is 0.0658 e. The summed E-state index contributed by atoms with van der Waals surface area (Å²) in [5.41, 5.74) is 0.351. The van der Waals surface area contributed by atoms with Gasteiger partial charge in [0.05, 0.1) is 6.10 Å². The van der Waals surface area contributed by atoms with Gasteiger partial charge >= 0.3 is 0 Å². The highest BCUT2D eigenvalue weighted by atomic mass is 16.5. The lowest BCUT2D eigenvalue weighted by Gasteiger charge is -2.54. The molecule has 2 nitrogen and oxygen atoms in total. The fraction of sp³-hybridized carbons (Fsp3) is 1.00. The summed E-state index contributed by atoms with van der Waals surface area (Å²) in [5.74, 6) is 0.784. The molecule has 2 heteroatoms. The molecule has 0 bridgehead atoms. The van der Waals surface area contributed by atoms with Gasteiger partial charge in [-0.1, -0.05) is 34.1 Å². The summed E-state index contributed by atoms with van der Waals surface area (Å²) in [7, 11) is 0. The Bertz CT molecular complexity index is 207. The molecule has 4 unspecified atom stereocenters. The van der Waals surface area contributed by atoms with E-state index in [-0.39, 0.29) is 0 Å². The van der Waals surface area contributed by atoms with Crippen LogP contribution >= 0.6 is 0 Å². The van der Waals surface area contributed by atoms with Crippen molar-refractivity contribution in [3.63, 3.8) is 0 Å². The second-order valence-electron chi connectivity index (χ2n) is 5.51. The van der Waals surface area contributed by atoms with E-state index in [1.807, 2.05) is 0 Å². The minimum Gasteiger partial charge on any atom is -0.378 e. The zero-order chi connectivity index (χ0) is 12.2. The quantitative estimate of drug-likeness (QED) is 0.721. The van der Waals surface area contributed by atoms with Gasteiger partial charge in [0.2, 0.25) is 0 Å². The number of hydrogen-bond donors (Lipinski definition) is 1. The Morgan fingerprint density at radius 3 is 2.56 bits per heavy atom. The lowest BCUT2D eigenvalue weighted by atomic mass is 9.61. The van der Waals surface area contributed by atoms with Crippen LogP contribution in [0.1, 0.15) is 53.9 Å². The minimum absolute atomic E-state index is 0.351. The normalized spacial score (nSPS) is 35.8. The molecule has 0 aromatic rings. The molecule has 0 aromatic heterocycles. The van der Waals surface area contributed by atoms with Gasteiger partial charge in [-0.15, -0.1) is 0 Å². The van der Waals surface area contributed by atoms with Crippen molar-refractivity contribution in [1.29, 1.82) is 0 Å². The Morgan fingerprint density at radius 1 is 1.38 bits per heavy atom. The molecule has 1 fully saturated rings. The molecule has 0 aromatic carbocycles. The summed E-state index contributed by atoms with van der Waals surface area (Å²) < 4.78 is 5.81. The van der Waals surface area contributed by atoms with Gasteiger partial charge in [0, 0.05) is 18.1 Å². The van der Waals surface area contributed by atoms with E-state index in [2.05, 4.69) is 39.9 Å². The molecule has 96 valence electrons. The first kappa shape index (κ1) is 14.0. The van der Waals surface area contributed by atoms with Crippen molar-refractivity contribution in [3.8, 4) is 0 Å². The lowest BCUT2D eigenvalue weighted by Crippen LogP contribution is -2.62. The van der Waals surface area contributed by atoms with Crippen LogP contribution in [0.25, 0.3) is 0 Å². The van der Waals surface area contributed by atoms with Crippen LogP contribution in [0.2, 0.25) is 0 Å².